The van der Waals surface area contributed by atoms with E-state index in [-0.39, 0.29) is 5.91 Å². The van der Waals surface area contributed by atoms with Crippen LogP contribution in [0.5, 0.6) is 6.01 Å². The average molecular weight is 412 g/mol. The summed E-state index contributed by atoms with van der Waals surface area (Å²) in [6, 6.07) is 13.2. The molecule has 1 amide bonds. The molecule has 3 aromatic rings. The number of hydrogen-bond donors (Lipinski definition) is 0. The van der Waals surface area contributed by atoms with Gasteiger partial charge in [0, 0.05) is 36.6 Å². The third-order valence-corrected chi connectivity index (χ3v) is 6.02. The van der Waals surface area contributed by atoms with Crippen LogP contribution in [0.15, 0.2) is 53.8 Å². The van der Waals surface area contributed by atoms with Crippen molar-refractivity contribution in [3.05, 3.63) is 87.7 Å². The largest absolute Gasteiger partial charge is 0.467 e. The highest BCUT2D eigenvalue weighted by atomic mass is 16.5. The maximum absolute atomic E-state index is 12.7. The zero-order valence-corrected chi connectivity index (χ0v) is 17.8. The third-order valence-electron chi connectivity index (χ3n) is 6.02. The molecule has 0 saturated heterocycles. The average Bonchev–Trinajstić information content (AvgIpc) is 3.20. The van der Waals surface area contributed by atoms with Crippen LogP contribution in [0.25, 0.3) is 0 Å². The Bertz CT molecular complexity index is 1170. The fourth-order valence-electron chi connectivity index (χ4n) is 4.23. The van der Waals surface area contributed by atoms with Crippen LogP contribution in [0.1, 0.15) is 38.9 Å². The maximum Gasteiger partial charge on any atom is 0.316 e. The van der Waals surface area contributed by atoms with E-state index >= 15 is 0 Å². The lowest BCUT2D eigenvalue weighted by atomic mass is 9.91. The van der Waals surface area contributed by atoms with Gasteiger partial charge in [0.1, 0.15) is 0 Å². The molecule has 31 heavy (non-hydrogen) atoms. The van der Waals surface area contributed by atoms with E-state index in [9.17, 15) is 4.79 Å². The van der Waals surface area contributed by atoms with Gasteiger partial charge < -0.3 is 9.64 Å². The molecular formula is C25H24N4O2. The minimum atomic E-state index is 0.197. The van der Waals surface area contributed by atoms with E-state index in [1.165, 1.54) is 16.7 Å². The van der Waals surface area contributed by atoms with Gasteiger partial charge in [0.2, 0.25) is 5.91 Å². The van der Waals surface area contributed by atoms with Crippen LogP contribution in [0, 0.1) is 6.92 Å². The molecule has 0 aliphatic carbocycles. The van der Waals surface area contributed by atoms with Crippen molar-refractivity contribution in [3.63, 3.8) is 0 Å². The van der Waals surface area contributed by atoms with Gasteiger partial charge in [-0.2, -0.15) is 0 Å². The maximum atomic E-state index is 12.7. The number of ether oxygens (including phenoxy) is 1. The second-order valence-electron chi connectivity index (χ2n) is 8.13. The second-order valence-corrected chi connectivity index (χ2v) is 8.13. The first-order valence-electron chi connectivity index (χ1n) is 10.5. The van der Waals surface area contributed by atoms with Gasteiger partial charge in [0.05, 0.1) is 25.8 Å². The van der Waals surface area contributed by atoms with Crippen molar-refractivity contribution in [2.75, 3.05) is 13.7 Å². The number of benzene rings is 2. The first kappa shape index (κ1) is 19.4. The summed E-state index contributed by atoms with van der Waals surface area (Å²) in [5.41, 5.74) is 8.88. The Morgan fingerprint density at radius 3 is 2.55 bits per heavy atom. The Balaban J connectivity index is 1.36. The monoisotopic (exact) mass is 412 g/mol. The molecule has 0 unspecified atom stereocenters. The molecule has 0 radical (unpaired) electrons. The summed E-state index contributed by atoms with van der Waals surface area (Å²) in [6.45, 7) is 4.07. The number of amides is 1. The SMILES string of the molecule is COc1ncc(C2=NCc3cc4c(cc32)CN(CCc2ccc(C)cc2)C(=O)C4)cn1. The molecule has 5 rings (SSSR count). The number of hydrogen-bond acceptors (Lipinski definition) is 5. The van der Waals surface area contributed by atoms with Gasteiger partial charge in [0.15, 0.2) is 0 Å². The molecule has 0 bridgehead atoms. The predicted molar refractivity (Wildman–Crippen MR) is 118 cm³/mol. The van der Waals surface area contributed by atoms with E-state index < -0.39 is 0 Å². The van der Waals surface area contributed by atoms with Crippen molar-refractivity contribution >= 4 is 11.6 Å². The number of carbonyl (C=O) groups is 1. The summed E-state index contributed by atoms with van der Waals surface area (Å²) in [5.74, 6) is 0.197. The molecule has 0 atom stereocenters. The van der Waals surface area contributed by atoms with E-state index in [4.69, 9.17) is 9.73 Å². The van der Waals surface area contributed by atoms with E-state index in [1.807, 2.05) is 4.90 Å². The van der Waals surface area contributed by atoms with E-state index in [0.29, 0.717) is 25.5 Å². The highest BCUT2D eigenvalue weighted by Gasteiger charge is 2.27. The number of nitrogens with zero attached hydrogens (tertiary/aromatic N) is 4. The van der Waals surface area contributed by atoms with Gasteiger partial charge >= 0.3 is 6.01 Å². The van der Waals surface area contributed by atoms with Gasteiger partial charge in [-0.15, -0.1) is 0 Å². The molecule has 6 nitrogen and oxygen atoms in total. The first-order chi connectivity index (χ1) is 15.1. The van der Waals surface area contributed by atoms with Gasteiger partial charge in [-0.3, -0.25) is 9.79 Å². The van der Waals surface area contributed by atoms with Crippen LogP contribution in [0.2, 0.25) is 0 Å². The minimum absolute atomic E-state index is 0.197. The van der Waals surface area contributed by atoms with Crippen LogP contribution in [-0.4, -0.2) is 40.1 Å². The summed E-state index contributed by atoms with van der Waals surface area (Å²) >= 11 is 0. The van der Waals surface area contributed by atoms with Crippen LogP contribution in [0.3, 0.4) is 0 Å². The number of fused-ring (bicyclic) bond motifs is 2. The number of aromatic nitrogens is 2. The molecule has 2 aromatic carbocycles. The van der Waals surface area contributed by atoms with Crippen LogP contribution < -0.4 is 4.74 Å². The lowest BCUT2D eigenvalue weighted by Gasteiger charge is -2.29. The molecule has 0 saturated carbocycles. The normalized spacial score (nSPS) is 14.8. The third kappa shape index (κ3) is 3.81. The zero-order chi connectivity index (χ0) is 21.4. The number of aliphatic imine (C=N–C) groups is 1. The number of rotatable bonds is 5. The van der Waals surface area contributed by atoms with Crippen LogP contribution in [-0.2, 0) is 30.7 Å². The molecule has 1 aromatic heterocycles. The topological polar surface area (TPSA) is 67.7 Å². The predicted octanol–water partition coefficient (Wildman–Crippen LogP) is 3.27. The zero-order valence-electron chi connectivity index (χ0n) is 17.8. The minimum Gasteiger partial charge on any atom is -0.467 e. The molecule has 0 N–H and O–H groups in total. The van der Waals surface area contributed by atoms with Crippen molar-refractivity contribution < 1.29 is 9.53 Å². The van der Waals surface area contributed by atoms with Crippen molar-refractivity contribution in [2.24, 2.45) is 4.99 Å². The number of methoxy groups -OCH3 is 1. The number of carbonyl (C=O) groups excluding carboxylic acids is 1. The van der Waals surface area contributed by atoms with Crippen molar-refractivity contribution in [3.8, 4) is 6.01 Å². The highest BCUT2D eigenvalue weighted by molar-refractivity contribution is 6.15. The Hall–Kier alpha value is -3.54. The molecule has 2 aliphatic rings. The molecule has 0 fully saturated rings. The van der Waals surface area contributed by atoms with E-state index in [2.05, 4.69) is 53.3 Å². The summed E-state index contributed by atoms with van der Waals surface area (Å²) in [5, 5.41) is 0. The van der Waals surface area contributed by atoms with E-state index in [1.54, 1.807) is 19.5 Å². The first-order valence-corrected chi connectivity index (χ1v) is 10.5. The summed E-state index contributed by atoms with van der Waals surface area (Å²) in [6.07, 6.45) is 4.81. The standard InChI is InChI=1S/C25H24N4O2/c1-16-3-5-17(6-4-16)7-8-29-15-20-10-22-19(9-18(20)11-23(29)30)12-26-24(22)21-13-27-25(31-2)28-14-21/h3-6,9-10,13-14H,7-8,11-12,15H2,1-2H3. The Labute approximate surface area is 181 Å². The fourth-order valence-corrected chi connectivity index (χ4v) is 4.23. The summed E-state index contributed by atoms with van der Waals surface area (Å²) in [7, 11) is 1.55. The van der Waals surface area contributed by atoms with Gasteiger partial charge in [-0.05, 0) is 41.7 Å². The van der Waals surface area contributed by atoms with Gasteiger partial charge in [-0.1, -0.05) is 35.9 Å². The van der Waals surface area contributed by atoms with E-state index in [0.717, 1.165) is 40.9 Å². The molecule has 156 valence electrons. The molecular weight excluding hydrogens is 388 g/mol. The molecule has 2 aliphatic heterocycles. The lowest BCUT2D eigenvalue weighted by Crippen LogP contribution is -2.37. The van der Waals surface area contributed by atoms with Gasteiger partial charge in [-0.25, -0.2) is 9.97 Å². The summed E-state index contributed by atoms with van der Waals surface area (Å²) < 4.78 is 5.06. The van der Waals surface area contributed by atoms with Crippen molar-refractivity contribution in [2.45, 2.75) is 32.9 Å². The fraction of sp³-hybridized carbons (Fsp3) is 0.280. The number of aryl methyl sites for hydroxylation is 1. The quantitative estimate of drug-likeness (QED) is 0.645. The Kier molecular flexibility index (Phi) is 4.98. The second kappa shape index (κ2) is 7.95. The smallest absolute Gasteiger partial charge is 0.316 e. The van der Waals surface area contributed by atoms with Gasteiger partial charge in [0.25, 0.3) is 0 Å². The molecule has 6 heteroatoms. The highest BCUT2D eigenvalue weighted by Crippen LogP contribution is 2.30. The van der Waals surface area contributed by atoms with Crippen LogP contribution in [0.4, 0.5) is 0 Å². The molecule has 3 heterocycles. The Morgan fingerprint density at radius 1 is 1.03 bits per heavy atom. The summed E-state index contributed by atoms with van der Waals surface area (Å²) in [4.78, 5) is 27.9. The van der Waals surface area contributed by atoms with Crippen LogP contribution >= 0.6 is 0 Å². The molecule has 0 spiro atoms. The van der Waals surface area contributed by atoms with Crippen molar-refractivity contribution in [1.29, 1.82) is 0 Å². The van der Waals surface area contributed by atoms with Crippen molar-refractivity contribution in [1.82, 2.24) is 14.9 Å². The Morgan fingerprint density at radius 2 is 1.81 bits per heavy atom. The lowest BCUT2D eigenvalue weighted by molar-refractivity contribution is -0.131.